The highest BCUT2D eigenvalue weighted by Crippen LogP contribution is 2.19. The summed E-state index contributed by atoms with van der Waals surface area (Å²) in [6.07, 6.45) is 13.0. The van der Waals surface area contributed by atoms with Crippen LogP contribution in [0.15, 0.2) is 36.5 Å². The van der Waals surface area contributed by atoms with Gasteiger partial charge in [0.2, 0.25) is 0 Å². The van der Waals surface area contributed by atoms with Gasteiger partial charge >= 0.3 is 0 Å². The van der Waals surface area contributed by atoms with E-state index < -0.39 is 0 Å². The number of hydrogen-bond donors (Lipinski definition) is 0. The molecule has 0 heterocycles. The predicted octanol–water partition coefficient (Wildman–Crippen LogP) is 6.06. The third-order valence-electron chi connectivity index (χ3n) is 3.05. The van der Waals surface area contributed by atoms with E-state index in [2.05, 4.69) is 40.0 Å². The zero-order valence-corrected chi connectivity index (χ0v) is 12.1. The average Bonchev–Trinajstić information content (AvgIpc) is 2.26. The lowest BCUT2D eigenvalue weighted by Crippen LogP contribution is -1.92. The maximum Gasteiger partial charge on any atom is -0.0317 e. The summed E-state index contributed by atoms with van der Waals surface area (Å²) in [6, 6.07) is 0. The van der Waals surface area contributed by atoms with E-state index in [4.69, 9.17) is 0 Å². The summed E-state index contributed by atoms with van der Waals surface area (Å²) < 4.78 is 0. The molecule has 1 atom stereocenters. The van der Waals surface area contributed by atoms with Crippen LogP contribution in [0, 0.1) is 5.92 Å². The van der Waals surface area contributed by atoms with Gasteiger partial charge in [-0.2, -0.15) is 0 Å². The first-order valence-electron chi connectivity index (χ1n) is 7.03. The Balaban J connectivity index is 4.05. The normalized spacial score (nSPS) is 13.5. The van der Waals surface area contributed by atoms with Crippen molar-refractivity contribution in [1.29, 1.82) is 0 Å². The molecule has 0 spiro atoms. The van der Waals surface area contributed by atoms with Crippen LogP contribution in [0.5, 0.6) is 0 Å². The Morgan fingerprint density at radius 1 is 1.18 bits per heavy atom. The van der Waals surface area contributed by atoms with Gasteiger partial charge in [-0.1, -0.05) is 43.6 Å². The van der Waals surface area contributed by atoms with Crippen molar-refractivity contribution in [1.82, 2.24) is 0 Å². The molecule has 0 aliphatic carbocycles. The van der Waals surface area contributed by atoms with Crippen molar-refractivity contribution in [3.63, 3.8) is 0 Å². The Hall–Kier alpha value is -0.780. The second-order valence-corrected chi connectivity index (χ2v) is 5.29. The maximum atomic E-state index is 3.97. The Bertz CT molecular complexity index is 245. The molecule has 0 aromatic rings. The molecule has 0 fully saturated rings. The summed E-state index contributed by atoms with van der Waals surface area (Å²) >= 11 is 0. The lowest BCUT2D eigenvalue weighted by molar-refractivity contribution is 0.597. The second-order valence-electron chi connectivity index (χ2n) is 5.29. The van der Waals surface area contributed by atoms with Gasteiger partial charge in [0, 0.05) is 0 Å². The molecule has 0 nitrogen and oxygen atoms in total. The smallest absolute Gasteiger partial charge is 0.0317 e. The lowest BCUT2D eigenvalue weighted by atomic mass is 9.97. The largest absolute Gasteiger partial charge is 0.103 e. The van der Waals surface area contributed by atoms with Gasteiger partial charge < -0.3 is 0 Å². The summed E-state index contributed by atoms with van der Waals surface area (Å²) in [6.45, 7) is 14.5. The molecule has 98 valence electrons. The van der Waals surface area contributed by atoms with E-state index in [-0.39, 0.29) is 0 Å². The summed E-state index contributed by atoms with van der Waals surface area (Å²) in [5.74, 6) is 0.737. The molecule has 1 unspecified atom stereocenters. The topological polar surface area (TPSA) is 0 Å². The minimum absolute atomic E-state index is 0.737. The molecular formula is C17H30. The molecule has 0 radical (unpaired) electrons. The summed E-state index contributed by atoms with van der Waals surface area (Å²) in [5.41, 5.74) is 2.95. The van der Waals surface area contributed by atoms with Crippen molar-refractivity contribution in [2.45, 2.75) is 65.7 Å². The predicted molar refractivity (Wildman–Crippen MR) is 80.3 cm³/mol. The molecule has 0 amide bonds. The van der Waals surface area contributed by atoms with Crippen LogP contribution in [0.1, 0.15) is 65.7 Å². The standard InChI is InChI=1S/C17H30/c1-6-9-16(5)13-14-17(10-7-2)12-8-11-15(3)4/h6,14,16H,1,3,7-13H2,2,4-5H3. The molecule has 0 saturated carbocycles. The first-order valence-corrected chi connectivity index (χ1v) is 7.03. The SMILES string of the molecule is C=CCC(C)CC=C(CCC)CCCC(=C)C. The van der Waals surface area contributed by atoms with Crippen LogP contribution in [0.3, 0.4) is 0 Å². The van der Waals surface area contributed by atoms with Crippen LogP contribution >= 0.6 is 0 Å². The van der Waals surface area contributed by atoms with Crippen molar-refractivity contribution in [3.05, 3.63) is 36.5 Å². The van der Waals surface area contributed by atoms with Gasteiger partial charge in [-0.25, -0.2) is 0 Å². The highest BCUT2D eigenvalue weighted by molar-refractivity contribution is 5.03. The quantitative estimate of drug-likeness (QED) is 0.403. The number of rotatable bonds is 10. The molecule has 0 saturated heterocycles. The molecule has 0 aliphatic rings. The van der Waals surface area contributed by atoms with Crippen molar-refractivity contribution in [2.75, 3.05) is 0 Å². The van der Waals surface area contributed by atoms with Crippen LogP contribution in [0.25, 0.3) is 0 Å². The van der Waals surface area contributed by atoms with Gasteiger partial charge in [0.05, 0.1) is 0 Å². The van der Waals surface area contributed by atoms with E-state index in [9.17, 15) is 0 Å². The molecule has 17 heavy (non-hydrogen) atoms. The minimum atomic E-state index is 0.737. The monoisotopic (exact) mass is 234 g/mol. The van der Waals surface area contributed by atoms with Gasteiger partial charge in [-0.15, -0.1) is 13.2 Å². The van der Waals surface area contributed by atoms with Crippen molar-refractivity contribution < 1.29 is 0 Å². The molecule has 0 N–H and O–H groups in total. The number of hydrogen-bond acceptors (Lipinski definition) is 0. The Labute approximate surface area is 109 Å². The van der Waals surface area contributed by atoms with E-state index >= 15 is 0 Å². The van der Waals surface area contributed by atoms with E-state index in [1.807, 2.05) is 6.08 Å². The zero-order valence-electron chi connectivity index (χ0n) is 12.1. The van der Waals surface area contributed by atoms with Crippen molar-refractivity contribution >= 4 is 0 Å². The summed E-state index contributed by atoms with van der Waals surface area (Å²) in [5, 5.41) is 0. The molecule has 0 rings (SSSR count). The van der Waals surface area contributed by atoms with Crippen LogP contribution in [0.4, 0.5) is 0 Å². The second kappa shape index (κ2) is 10.4. The van der Waals surface area contributed by atoms with Gasteiger partial charge in [0.15, 0.2) is 0 Å². The fourth-order valence-corrected chi connectivity index (χ4v) is 2.02. The van der Waals surface area contributed by atoms with Gasteiger partial charge in [0.25, 0.3) is 0 Å². The number of allylic oxidation sites excluding steroid dienone is 4. The molecular weight excluding hydrogens is 204 g/mol. The highest BCUT2D eigenvalue weighted by atomic mass is 14.1. The van der Waals surface area contributed by atoms with Crippen LogP contribution < -0.4 is 0 Å². The van der Waals surface area contributed by atoms with Crippen LogP contribution in [-0.2, 0) is 0 Å². The Morgan fingerprint density at radius 3 is 2.41 bits per heavy atom. The minimum Gasteiger partial charge on any atom is -0.103 e. The van der Waals surface area contributed by atoms with Crippen LogP contribution in [-0.4, -0.2) is 0 Å². The molecule has 0 aliphatic heterocycles. The Morgan fingerprint density at radius 2 is 1.88 bits per heavy atom. The van der Waals surface area contributed by atoms with E-state index in [0.29, 0.717) is 0 Å². The fourth-order valence-electron chi connectivity index (χ4n) is 2.02. The first kappa shape index (κ1) is 16.2. The van der Waals surface area contributed by atoms with Gasteiger partial charge in [-0.05, 0) is 51.4 Å². The van der Waals surface area contributed by atoms with E-state index in [1.54, 1.807) is 5.57 Å². The molecule has 0 heteroatoms. The first-order chi connectivity index (χ1) is 8.10. The summed E-state index contributed by atoms with van der Waals surface area (Å²) in [7, 11) is 0. The molecule has 0 bridgehead atoms. The fraction of sp³-hybridized carbons (Fsp3) is 0.647. The lowest BCUT2D eigenvalue weighted by Gasteiger charge is -2.09. The van der Waals surface area contributed by atoms with E-state index in [0.717, 1.165) is 12.3 Å². The van der Waals surface area contributed by atoms with Crippen molar-refractivity contribution in [2.24, 2.45) is 5.92 Å². The van der Waals surface area contributed by atoms with Gasteiger partial charge in [0.1, 0.15) is 0 Å². The summed E-state index contributed by atoms with van der Waals surface area (Å²) in [4.78, 5) is 0. The van der Waals surface area contributed by atoms with Crippen molar-refractivity contribution in [3.8, 4) is 0 Å². The average molecular weight is 234 g/mol. The van der Waals surface area contributed by atoms with Gasteiger partial charge in [-0.3, -0.25) is 0 Å². The highest BCUT2D eigenvalue weighted by Gasteiger charge is 2.00. The van der Waals surface area contributed by atoms with E-state index in [1.165, 1.54) is 44.1 Å². The third kappa shape index (κ3) is 10.1. The maximum absolute atomic E-state index is 3.97. The third-order valence-corrected chi connectivity index (χ3v) is 3.05. The Kier molecular flexibility index (Phi) is 9.90. The molecule has 0 aromatic carbocycles. The zero-order chi connectivity index (χ0) is 13.1. The van der Waals surface area contributed by atoms with Crippen LogP contribution in [0.2, 0.25) is 0 Å². The molecule has 0 aromatic heterocycles.